The molecule has 0 aliphatic heterocycles. The second kappa shape index (κ2) is 12.9. The number of benzene rings is 3. The first kappa shape index (κ1) is 27.6. The fraction of sp³-hybridized carbons (Fsp3) is 0.258. The van der Waals surface area contributed by atoms with Gasteiger partial charge in [-0.2, -0.15) is 4.98 Å². The van der Waals surface area contributed by atoms with Crippen LogP contribution in [0.5, 0.6) is 11.5 Å². The smallest absolute Gasteiger partial charge is 0.421 e. The van der Waals surface area contributed by atoms with E-state index in [0.717, 1.165) is 34.7 Å². The number of nitrogens with zero attached hydrogens (tertiary/aromatic N) is 4. The van der Waals surface area contributed by atoms with Crippen molar-refractivity contribution in [2.24, 2.45) is 0 Å². The van der Waals surface area contributed by atoms with Crippen LogP contribution in [0.4, 0.5) is 22.2 Å². The fourth-order valence-electron chi connectivity index (χ4n) is 4.08. The highest BCUT2D eigenvalue weighted by Gasteiger charge is 2.28. The molecule has 4 rings (SSSR count). The van der Waals surface area contributed by atoms with Crippen LogP contribution in [0.25, 0.3) is 0 Å². The Morgan fingerprint density at radius 1 is 0.923 bits per heavy atom. The third-order valence-electron chi connectivity index (χ3n) is 6.27. The molecule has 8 heteroatoms. The maximum Gasteiger partial charge on any atom is 0.421 e. The Labute approximate surface area is 230 Å². The van der Waals surface area contributed by atoms with E-state index in [1.807, 2.05) is 108 Å². The van der Waals surface area contributed by atoms with Gasteiger partial charge in [0.1, 0.15) is 23.9 Å². The molecule has 39 heavy (non-hydrogen) atoms. The van der Waals surface area contributed by atoms with Gasteiger partial charge < -0.3 is 19.7 Å². The van der Waals surface area contributed by atoms with Crippen molar-refractivity contribution in [2.75, 3.05) is 37.5 Å². The molecule has 202 valence electrons. The zero-order valence-corrected chi connectivity index (χ0v) is 23.1. The number of hydrogen-bond donors (Lipinski definition) is 1. The molecular formula is C31H35N5O3. The van der Waals surface area contributed by atoms with Crippen LogP contribution in [-0.2, 0) is 0 Å². The summed E-state index contributed by atoms with van der Waals surface area (Å²) in [6.07, 6.45) is 1.10. The van der Waals surface area contributed by atoms with Gasteiger partial charge in [-0.25, -0.2) is 9.78 Å². The Balaban J connectivity index is 1.58. The molecule has 0 saturated heterocycles. The lowest BCUT2D eigenvalue weighted by Crippen LogP contribution is -2.37. The quantitative estimate of drug-likeness (QED) is 0.252. The zero-order valence-electron chi connectivity index (χ0n) is 23.1. The first-order valence-electron chi connectivity index (χ1n) is 12.9. The Bertz CT molecular complexity index is 1360. The molecular weight excluding hydrogens is 490 g/mol. The summed E-state index contributed by atoms with van der Waals surface area (Å²) >= 11 is 0. The summed E-state index contributed by atoms with van der Waals surface area (Å²) in [5.41, 5.74) is 3.52. The molecule has 0 aliphatic carbocycles. The molecule has 0 bridgehead atoms. The number of para-hydroxylation sites is 1. The van der Waals surface area contributed by atoms with Gasteiger partial charge in [0.05, 0.1) is 6.04 Å². The van der Waals surface area contributed by atoms with Crippen molar-refractivity contribution < 1.29 is 14.3 Å². The van der Waals surface area contributed by atoms with Gasteiger partial charge in [-0.15, -0.1) is 0 Å². The van der Waals surface area contributed by atoms with Crippen LogP contribution >= 0.6 is 0 Å². The van der Waals surface area contributed by atoms with E-state index in [1.165, 1.54) is 0 Å². The number of aryl methyl sites for hydroxylation is 2. The summed E-state index contributed by atoms with van der Waals surface area (Å²) in [6, 6.07) is 24.5. The van der Waals surface area contributed by atoms with Gasteiger partial charge in [0.15, 0.2) is 0 Å². The minimum Gasteiger partial charge on any atom is -0.492 e. The topological polar surface area (TPSA) is 79.8 Å². The molecule has 1 atom stereocenters. The van der Waals surface area contributed by atoms with Crippen LogP contribution in [-0.4, -0.2) is 48.2 Å². The van der Waals surface area contributed by atoms with E-state index in [4.69, 9.17) is 9.47 Å². The minimum absolute atomic E-state index is 0.343. The van der Waals surface area contributed by atoms with Crippen molar-refractivity contribution in [3.8, 4) is 11.5 Å². The molecule has 0 saturated carbocycles. The van der Waals surface area contributed by atoms with Crippen LogP contribution in [0, 0.1) is 13.8 Å². The van der Waals surface area contributed by atoms with Gasteiger partial charge in [0.2, 0.25) is 5.95 Å². The Morgan fingerprint density at radius 2 is 1.62 bits per heavy atom. The van der Waals surface area contributed by atoms with E-state index >= 15 is 0 Å². The summed E-state index contributed by atoms with van der Waals surface area (Å²) in [5.74, 6) is 2.12. The summed E-state index contributed by atoms with van der Waals surface area (Å²) < 4.78 is 11.7. The highest BCUT2D eigenvalue weighted by molar-refractivity contribution is 5.89. The lowest BCUT2D eigenvalue weighted by Gasteiger charge is -2.28. The first-order valence-corrected chi connectivity index (χ1v) is 12.9. The molecule has 0 fully saturated rings. The first-order chi connectivity index (χ1) is 18.8. The minimum atomic E-state index is -0.521. The predicted octanol–water partition coefficient (Wildman–Crippen LogP) is 6.54. The molecule has 3 aromatic carbocycles. The summed E-state index contributed by atoms with van der Waals surface area (Å²) in [4.78, 5) is 26.3. The Hall–Kier alpha value is -4.43. The van der Waals surface area contributed by atoms with E-state index in [2.05, 4.69) is 20.2 Å². The molecule has 0 unspecified atom stereocenters. The number of carbonyl (C=O) groups is 1. The average Bonchev–Trinajstić information content (AvgIpc) is 2.92. The van der Waals surface area contributed by atoms with Crippen LogP contribution in [0.15, 0.2) is 85.1 Å². The van der Waals surface area contributed by atoms with Gasteiger partial charge in [-0.3, -0.25) is 4.90 Å². The van der Waals surface area contributed by atoms with Crippen LogP contribution in [0.1, 0.15) is 29.7 Å². The van der Waals surface area contributed by atoms with Gasteiger partial charge >= 0.3 is 6.09 Å². The van der Waals surface area contributed by atoms with Crippen molar-refractivity contribution in [3.05, 3.63) is 102 Å². The molecule has 0 radical (unpaired) electrons. The lowest BCUT2D eigenvalue weighted by molar-refractivity contribution is 0.204. The number of aromatic nitrogens is 2. The van der Waals surface area contributed by atoms with E-state index in [0.29, 0.717) is 24.1 Å². The molecule has 4 aromatic rings. The Morgan fingerprint density at radius 3 is 2.28 bits per heavy atom. The van der Waals surface area contributed by atoms with Crippen LogP contribution < -0.4 is 19.7 Å². The monoisotopic (exact) mass is 525 g/mol. The Kier molecular flexibility index (Phi) is 9.12. The number of anilines is 3. The molecule has 0 spiro atoms. The van der Waals surface area contributed by atoms with Crippen molar-refractivity contribution in [2.45, 2.75) is 26.8 Å². The van der Waals surface area contributed by atoms with Crippen molar-refractivity contribution in [1.29, 1.82) is 0 Å². The normalized spacial score (nSPS) is 11.6. The molecule has 1 heterocycles. The van der Waals surface area contributed by atoms with E-state index in [-0.39, 0.29) is 6.04 Å². The highest BCUT2D eigenvalue weighted by Crippen LogP contribution is 2.30. The number of nitrogens with one attached hydrogen (secondary N) is 1. The fourth-order valence-corrected chi connectivity index (χ4v) is 4.08. The van der Waals surface area contributed by atoms with E-state index in [9.17, 15) is 4.79 Å². The summed E-state index contributed by atoms with van der Waals surface area (Å²) in [6.45, 7) is 7.24. The van der Waals surface area contributed by atoms with Gasteiger partial charge in [0.25, 0.3) is 0 Å². The second-order valence-electron chi connectivity index (χ2n) is 9.59. The van der Waals surface area contributed by atoms with E-state index < -0.39 is 6.09 Å². The van der Waals surface area contributed by atoms with Crippen LogP contribution in [0.2, 0.25) is 0 Å². The summed E-state index contributed by atoms with van der Waals surface area (Å²) in [5, 5.41) is 3.22. The maximum absolute atomic E-state index is 13.7. The number of rotatable bonds is 10. The van der Waals surface area contributed by atoms with Crippen LogP contribution in [0.3, 0.4) is 0 Å². The number of hydrogen-bond acceptors (Lipinski definition) is 7. The number of likely N-dealkylation sites (N-methyl/N-ethyl adjacent to an activating group) is 1. The van der Waals surface area contributed by atoms with Gasteiger partial charge in [0, 0.05) is 18.4 Å². The predicted molar refractivity (Wildman–Crippen MR) is 155 cm³/mol. The maximum atomic E-state index is 13.7. The van der Waals surface area contributed by atoms with Gasteiger partial charge in [-0.1, -0.05) is 48.5 Å². The SMILES string of the molecule is Cc1cccc(C)c1OC(=O)N(c1ccnc(Nc2ccc(OCCN(C)C)cc2)n1)[C@H](C)c1ccccc1. The van der Waals surface area contributed by atoms with Crippen molar-refractivity contribution >= 4 is 23.5 Å². The summed E-state index contributed by atoms with van der Waals surface area (Å²) in [7, 11) is 4.02. The highest BCUT2D eigenvalue weighted by atomic mass is 16.6. The second-order valence-corrected chi connectivity index (χ2v) is 9.59. The average molecular weight is 526 g/mol. The van der Waals surface area contributed by atoms with E-state index in [1.54, 1.807) is 17.2 Å². The standard InChI is InChI=1S/C31H35N5O3/c1-22-10-9-11-23(2)29(22)39-31(37)36(24(3)25-12-7-6-8-13-25)28-18-19-32-30(34-28)33-26-14-16-27(17-15-26)38-21-20-35(4)5/h6-19,24H,20-21H2,1-5H3,(H,32,33,34)/t24-/m1/s1. The number of ether oxygens (including phenoxy) is 2. The number of amides is 1. The third-order valence-corrected chi connectivity index (χ3v) is 6.27. The van der Waals surface area contributed by atoms with Gasteiger partial charge in [-0.05, 0) is 81.9 Å². The molecule has 1 N–H and O–H groups in total. The number of carbonyl (C=O) groups excluding carboxylic acids is 1. The molecule has 1 aromatic heterocycles. The zero-order chi connectivity index (χ0) is 27.8. The molecule has 0 aliphatic rings. The molecule has 1 amide bonds. The van der Waals surface area contributed by atoms with Crippen molar-refractivity contribution in [1.82, 2.24) is 14.9 Å². The third kappa shape index (κ3) is 7.33. The lowest BCUT2D eigenvalue weighted by atomic mass is 10.1. The van der Waals surface area contributed by atoms with Crippen molar-refractivity contribution in [3.63, 3.8) is 0 Å². The largest absolute Gasteiger partial charge is 0.492 e. The molecule has 8 nitrogen and oxygen atoms in total.